The number of rotatable bonds is 13. The third kappa shape index (κ3) is 8.29. The summed E-state index contributed by atoms with van der Waals surface area (Å²) in [5, 5.41) is 11.3. The molecule has 2 N–H and O–H groups in total. The Bertz CT molecular complexity index is 1090. The Kier molecular flexibility index (Phi) is 11.4. The van der Waals surface area contributed by atoms with Gasteiger partial charge in [0.15, 0.2) is 5.60 Å². The highest BCUT2D eigenvalue weighted by atomic mass is 31.2. The molecular weight excluding hydrogens is 515 g/mol. The first-order valence-electron chi connectivity index (χ1n) is 14.6. The second kappa shape index (κ2) is 14.1. The number of phenolic OH excluding ortho intramolecular Hbond substituents is 1. The van der Waals surface area contributed by atoms with Crippen LogP contribution < -0.4 is 4.74 Å². The van der Waals surface area contributed by atoms with Crippen molar-refractivity contribution in [3.05, 3.63) is 47.1 Å². The third-order valence-electron chi connectivity index (χ3n) is 7.96. The standard InChI is InChI=1S/C31H47O7P/c1-6-8-12-18-36-39(34,35)38-31(16-10-9-11-17-31)30(33)37-28-21-24(13-7-2)20-27(32)29(28)26-19-23(5)14-15-25(26)22(3)4/h19-21,25-26,32H,3,6-18H2,1-2,4-5H3,(H,34,35)/t25-,26+/m0/s1. The minimum absolute atomic E-state index is 0.0802. The van der Waals surface area contributed by atoms with E-state index in [4.69, 9.17) is 13.8 Å². The minimum Gasteiger partial charge on any atom is -0.507 e. The van der Waals surface area contributed by atoms with E-state index in [-0.39, 0.29) is 42.8 Å². The van der Waals surface area contributed by atoms with Gasteiger partial charge in [-0.25, -0.2) is 9.36 Å². The van der Waals surface area contributed by atoms with Gasteiger partial charge in [0.2, 0.25) is 0 Å². The van der Waals surface area contributed by atoms with Crippen LogP contribution in [-0.2, 0) is 24.8 Å². The molecule has 7 nitrogen and oxygen atoms in total. The Hall–Kier alpha value is -1.92. The molecule has 0 heterocycles. The van der Waals surface area contributed by atoms with Gasteiger partial charge >= 0.3 is 13.8 Å². The summed E-state index contributed by atoms with van der Waals surface area (Å²) in [5.74, 6) is -0.481. The van der Waals surface area contributed by atoms with Crippen molar-refractivity contribution in [1.29, 1.82) is 0 Å². The molecule has 2 aliphatic carbocycles. The monoisotopic (exact) mass is 562 g/mol. The first-order valence-corrected chi connectivity index (χ1v) is 16.1. The Morgan fingerprint density at radius 1 is 1.15 bits per heavy atom. The molecule has 1 unspecified atom stereocenters. The topological polar surface area (TPSA) is 102 Å². The predicted molar refractivity (Wildman–Crippen MR) is 154 cm³/mol. The molecule has 0 amide bonds. The summed E-state index contributed by atoms with van der Waals surface area (Å²) < 4.78 is 29.9. The summed E-state index contributed by atoms with van der Waals surface area (Å²) in [6, 6.07) is 3.57. The molecule has 0 bridgehead atoms. The van der Waals surface area contributed by atoms with Crippen LogP contribution in [-0.4, -0.2) is 28.2 Å². The third-order valence-corrected chi connectivity index (χ3v) is 9.05. The van der Waals surface area contributed by atoms with Gasteiger partial charge in [0.05, 0.1) is 6.61 Å². The molecule has 0 aliphatic heterocycles. The van der Waals surface area contributed by atoms with Gasteiger partial charge in [-0.2, -0.15) is 0 Å². The average Bonchev–Trinajstić information content (AvgIpc) is 2.87. The average molecular weight is 563 g/mol. The van der Waals surface area contributed by atoms with Gasteiger partial charge in [0, 0.05) is 11.5 Å². The molecule has 2 aliphatic rings. The molecule has 0 saturated heterocycles. The van der Waals surface area contributed by atoms with Crippen molar-refractivity contribution in [2.45, 2.75) is 116 Å². The van der Waals surface area contributed by atoms with E-state index in [0.29, 0.717) is 31.2 Å². The lowest BCUT2D eigenvalue weighted by molar-refractivity contribution is -0.157. The van der Waals surface area contributed by atoms with Crippen LogP contribution in [0, 0.1) is 5.92 Å². The number of hydrogen-bond acceptors (Lipinski definition) is 6. The maximum Gasteiger partial charge on any atom is 0.473 e. The zero-order chi connectivity index (χ0) is 28.6. The van der Waals surface area contributed by atoms with E-state index in [0.717, 1.165) is 49.7 Å². The molecule has 1 aromatic rings. The molecule has 1 fully saturated rings. The lowest BCUT2D eigenvalue weighted by atomic mass is 9.73. The van der Waals surface area contributed by atoms with E-state index in [1.165, 1.54) is 5.57 Å². The van der Waals surface area contributed by atoms with Crippen LogP contribution >= 0.6 is 7.82 Å². The molecule has 0 aromatic heterocycles. The number of phosphoric ester groups is 1. The number of phosphoric acid groups is 1. The van der Waals surface area contributed by atoms with Crippen molar-refractivity contribution >= 4 is 13.8 Å². The number of benzene rings is 1. The molecule has 39 heavy (non-hydrogen) atoms. The van der Waals surface area contributed by atoms with Crippen LogP contribution in [0.4, 0.5) is 0 Å². The number of carbonyl (C=O) groups is 1. The van der Waals surface area contributed by atoms with Gasteiger partial charge in [-0.05, 0) is 88.8 Å². The first-order chi connectivity index (χ1) is 18.5. The Balaban J connectivity index is 1.99. The molecule has 0 radical (unpaired) electrons. The highest BCUT2D eigenvalue weighted by molar-refractivity contribution is 7.47. The fourth-order valence-corrected chi connectivity index (χ4v) is 6.96. The number of unbranched alkanes of at least 4 members (excludes halogenated alkanes) is 2. The van der Waals surface area contributed by atoms with E-state index < -0.39 is 19.4 Å². The summed E-state index contributed by atoms with van der Waals surface area (Å²) >= 11 is 0. The molecule has 3 rings (SSSR count). The summed E-state index contributed by atoms with van der Waals surface area (Å²) in [5.41, 5.74) is 2.03. The number of allylic oxidation sites excluding steroid dienone is 3. The van der Waals surface area contributed by atoms with Gasteiger partial charge in [-0.15, -0.1) is 0 Å². The molecule has 1 saturated carbocycles. The molecular formula is C31H47O7P. The van der Waals surface area contributed by atoms with Crippen LogP contribution in [0.5, 0.6) is 11.5 Å². The Morgan fingerprint density at radius 2 is 1.87 bits per heavy atom. The van der Waals surface area contributed by atoms with Crippen LogP contribution in [0.25, 0.3) is 0 Å². The lowest BCUT2D eigenvalue weighted by Gasteiger charge is -2.36. The molecule has 3 atom stereocenters. The fourth-order valence-electron chi connectivity index (χ4n) is 5.85. The second-order valence-corrected chi connectivity index (χ2v) is 12.7. The van der Waals surface area contributed by atoms with Crippen molar-refractivity contribution in [2.75, 3.05) is 6.61 Å². The van der Waals surface area contributed by atoms with Crippen molar-refractivity contribution < 1.29 is 33.1 Å². The highest BCUT2D eigenvalue weighted by Gasteiger charge is 2.48. The summed E-state index contributed by atoms with van der Waals surface area (Å²) in [6.45, 7) is 12.4. The zero-order valence-electron chi connectivity index (χ0n) is 24.2. The second-order valence-electron chi connectivity index (χ2n) is 11.4. The van der Waals surface area contributed by atoms with Crippen LogP contribution in [0.2, 0.25) is 0 Å². The molecule has 0 spiro atoms. The fraction of sp³-hybridized carbons (Fsp3) is 0.645. The number of carbonyl (C=O) groups excluding carboxylic acids is 1. The quantitative estimate of drug-likeness (QED) is 0.0819. The maximum atomic E-state index is 13.9. The van der Waals surface area contributed by atoms with Crippen molar-refractivity contribution in [3.63, 3.8) is 0 Å². The normalized spacial score (nSPS) is 22.5. The smallest absolute Gasteiger partial charge is 0.473 e. The number of aromatic hydroxyl groups is 1. The van der Waals surface area contributed by atoms with Gasteiger partial charge in [0.25, 0.3) is 0 Å². The number of aryl methyl sites for hydroxylation is 1. The Morgan fingerprint density at radius 3 is 2.51 bits per heavy atom. The van der Waals surface area contributed by atoms with Crippen molar-refractivity contribution in [3.8, 4) is 11.5 Å². The number of esters is 1. The molecule has 1 aromatic carbocycles. The van der Waals surface area contributed by atoms with Crippen molar-refractivity contribution in [1.82, 2.24) is 0 Å². The maximum absolute atomic E-state index is 13.9. The van der Waals surface area contributed by atoms with Gasteiger partial charge in [0.1, 0.15) is 11.5 Å². The first kappa shape index (κ1) is 31.6. The molecule has 8 heteroatoms. The van der Waals surface area contributed by atoms with Crippen LogP contribution in [0.1, 0.15) is 115 Å². The minimum atomic E-state index is -4.50. The summed E-state index contributed by atoms with van der Waals surface area (Å²) in [6.07, 6.45) is 10.8. The van der Waals surface area contributed by atoms with Crippen molar-refractivity contribution in [2.24, 2.45) is 5.92 Å². The summed E-state index contributed by atoms with van der Waals surface area (Å²) in [4.78, 5) is 24.4. The predicted octanol–water partition coefficient (Wildman–Crippen LogP) is 8.29. The molecule has 218 valence electrons. The van der Waals surface area contributed by atoms with E-state index >= 15 is 0 Å². The number of phenols is 1. The highest BCUT2D eigenvalue weighted by Crippen LogP contribution is 2.52. The summed E-state index contributed by atoms with van der Waals surface area (Å²) in [7, 11) is -4.50. The SMILES string of the molecule is C=C(C)[C@@H]1CCC(C)=C[C@H]1c1c(O)cc(CCC)cc1OC(=O)C1(OP(=O)(O)OCCCCC)CCCCC1. The lowest BCUT2D eigenvalue weighted by Crippen LogP contribution is -2.45. The largest absolute Gasteiger partial charge is 0.507 e. The van der Waals surface area contributed by atoms with E-state index in [1.54, 1.807) is 6.07 Å². The Labute approximate surface area is 234 Å². The van der Waals surface area contributed by atoms with Crippen LogP contribution in [0.15, 0.2) is 35.9 Å². The van der Waals surface area contributed by atoms with Crippen LogP contribution in [0.3, 0.4) is 0 Å². The van der Waals surface area contributed by atoms with Gasteiger partial charge < -0.3 is 14.7 Å². The van der Waals surface area contributed by atoms with E-state index in [2.05, 4.69) is 19.6 Å². The van der Waals surface area contributed by atoms with Gasteiger partial charge in [-0.1, -0.05) is 63.3 Å². The number of ether oxygens (including phenoxy) is 1. The zero-order valence-corrected chi connectivity index (χ0v) is 25.1. The van der Waals surface area contributed by atoms with E-state index in [1.807, 2.05) is 26.8 Å². The number of hydrogen-bond donors (Lipinski definition) is 2. The van der Waals surface area contributed by atoms with E-state index in [9.17, 15) is 19.4 Å². The van der Waals surface area contributed by atoms with Gasteiger partial charge in [-0.3, -0.25) is 9.05 Å².